The second-order valence-corrected chi connectivity index (χ2v) is 4.27. The van der Waals surface area contributed by atoms with Gasteiger partial charge in [0.1, 0.15) is 0 Å². The molecule has 0 radical (unpaired) electrons. The Hall–Kier alpha value is -1.65. The van der Waals surface area contributed by atoms with E-state index in [1.165, 1.54) is 12.0 Å². The second-order valence-electron chi connectivity index (χ2n) is 4.27. The van der Waals surface area contributed by atoms with Crippen molar-refractivity contribution in [2.75, 3.05) is 18.5 Å². The standard InChI is InChI=1S/C13H20N4O/c1-3-9-18-13-16-11(10-7-5-6-8-10)15-12(17-13)14-4-2/h7H,3-6,8-9H2,1-2H3,(H,14,15,16,17). The van der Waals surface area contributed by atoms with E-state index in [9.17, 15) is 0 Å². The van der Waals surface area contributed by atoms with Gasteiger partial charge >= 0.3 is 6.01 Å². The van der Waals surface area contributed by atoms with Crippen LogP contribution in [0.3, 0.4) is 0 Å². The van der Waals surface area contributed by atoms with Gasteiger partial charge in [-0.25, -0.2) is 0 Å². The van der Waals surface area contributed by atoms with Crippen LogP contribution in [-0.2, 0) is 0 Å². The number of anilines is 1. The van der Waals surface area contributed by atoms with Crippen molar-refractivity contribution in [2.45, 2.75) is 39.5 Å². The summed E-state index contributed by atoms with van der Waals surface area (Å²) < 4.78 is 5.51. The van der Waals surface area contributed by atoms with Gasteiger partial charge in [-0.2, -0.15) is 15.0 Å². The number of nitrogens with zero attached hydrogens (tertiary/aromatic N) is 3. The molecule has 0 aliphatic heterocycles. The molecule has 0 bridgehead atoms. The lowest BCUT2D eigenvalue weighted by Crippen LogP contribution is -2.09. The molecule has 0 saturated carbocycles. The highest BCUT2D eigenvalue weighted by Gasteiger charge is 2.13. The number of aromatic nitrogens is 3. The quantitative estimate of drug-likeness (QED) is 0.838. The topological polar surface area (TPSA) is 59.9 Å². The summed E-state index contributed by atoms with van der Waals surface area (Å²) in [6.07, 6.45) is 6.49. The lowest BCUT2D eigenvalue weighted by atomic mass is 10.2. The number of hydrogen-bond acceptors (Lipinski definition) is 5. The highest BCUT2D eigenvalue weighted by atomic mass is 16.5. The normalized spacial score (nSPS) is 14.4. The smallest absolute Gasteiger partial charge is 0.321 e. The Balaban J connectivity index is 2.23. The summed E-state index contributed by atoms with van der Waals surface area (Å²) >= 11 is 0. The van der Waals surface area contributed by atoms with Crippen molar-refractivity contribution in [2.24, 2.45) is 0 Å². The molecule has 5 nitrogen and oxygen atoms in total. The van der Waals surface area contributed by atoms with Gasteiger partial charge in [0.2, 0.25) is 5.95 Å². The first-order valence-electron chi connectivity index (χ1n) is 6.65. The predicted octanol–water partition coefficient (Wildman–Crippen LogP) is 2.66. The first kappa shape index (κ1) is 12.8. The van der Waals surface area contributed by atoms with E-state index in [2.05, 4.69) is 33.3 Å². The van der Waals surface area contributed by atoms with Gasteiger partial charge in [0, 0.05) is 6.54 Å². The number of allylic oxidation sites excluding steroid dienone is 2. The molecule has 1 aliphatic rings. The van der Waals surface area contributed by atoms with E-state index in [0.29, 0.717) is 18.6 Å². The minimum absolute atomic E-state index is 0.422. The van der Waals surface area contributed by atoms with Crippen molar-refractivity contribution in [3.8, 4) is 6.01 Å². The minimum Gasteiger partial charge on any atom is -0.463 e. The lowest BCUT2D eigenvalue weighted by molar-refractivity contribution is 0.291. The van der Waals surface area contributed by atoms with E-state index in [1.54, 1.807) is 0 Å². The largest absolute Gasteiger partial charge is 0.463 e. The van der Waals surface area contributed by atoms with Crippen LogP contribution in [0.25, 0.3) is 5.57 Å². The summed E-state index contributed by atoms with van der Waals surface area (Å²) in [4.78, 5) is 13.1. The highest BCUT2D eigenvalue weighted by Crippen LogP contribution is 2.26. The molecule has 1 aliphatic carbocycles. The van der Waals surface area contributed by atoms with Gasteiger partial charge in [-0.3, -0.25) is 0 Å². The molecule has 0 spiro atoms. The number of nitrogens with one attached hydrogen (secondary N) is 1. The van der Waals surface area contributed by atoms with Crippen molar-refractivity contribution in [1.29, 1.82) is 0 Å². The summed E-state index contributed by atoms with van der Waals surface area (Å²) in [5.41, 5.74) is 1.21. The van der Waals surface area contributed by atoms with Crippen molar-refractivity contribution >= 4 is 11.5 Å². The molecule has 1 heterocycles. The van der Waals surface area contributed by atoms with Crippen LogP contribution in [0, 0.1) is 0 Å². The minimum atomic E-state index is 0.422. The molecule has 1 aromatic heterocycles. The predicted molar refractivity (Wildman–Crippen MR) is 71.6 cm³/mol. The molecule has 0 amide bonds. The van der Waals surface area contributed by atoms with Crippen LogP contribution in [0.15, 0.2) is 6.08 Å². The van der Waals surface area contributed by atoms with Gasteiger partial charge in [-0.05, 0) is 38.2 Å². The maximum atomic E-state index is 5.51. The fourth-order valence-electron chi connectivity index (χ4n) is 1.87. The highest BCUT2D eigenvalue weighted by molar-refractivity contribution is 5.62. The third kappa shape index (κ3) is 3.18. The average molecular weight is 248 g/mol. The Morgan fingerprint density at radius 1 is 1.28 bits per heavy atom. The maximum Gasteiger partial charge on any atom is 0.321 e. The molecule has 0 saturated heterocycles. The van der Waals surface area contributed by atoms with Crippen LogP contribution in [0.1, 0.15) is 45.4 Å². The third-order valence-electron chi connectivity index (χ3n) is 2.71. The molecular formula is C13H20N4O. The number of ether oxygens (including phenoxy) is 1. The Labute approximate surface area is 108 Å². The van der Waals surface area contributed by atoms with E-state index in [4.69, 9.17) is 4.74 Å². The molecule has 1 N–H and O–H groups in total. The van der Waals surface area contributed by atoms with E-state index < -0.39 is 0 Å². The van der Waals surface area contributed by atoms with E-state index in [1.807, 2.05) is 6.92 Å². The summed E-state index contributed by atoms with van der Waals surface area (Å²) in [6.45, 7) is 5.50. The summed E-state index contributed by atoms with van der Waals surface area (Å²) in [7, 11) is 0. The van der Waals surface area contributed by atoms with Crippen LogP contribution < -0.4 is 10.1 Å². The van der Waals surface area contributed by atoms with Crippen molar-refractivity contribution in [1.82, 2.24) is 15.0 Å². The van der Waals surface area contributed by atoms with Gasteiger partial charge in [-0.1, -0.05) is 13.0 Å². The summed E-state index contributed by atoms with van der Waals surface area (Å²) in [5, 5.41) is 3.12. The Morgan fingerprint density at radius 3 is 2.83 bits per heavy atom. The van der Waals surface area contributed by atoms with Crippen LogP contribution in [-0.4, -0.2) is 28.1 Å². The average Bonchev–Trinajstić information content (AvgIpc) is 2.90. The maximum absolute atomic E-state index is 5.51. The van der Waals surface area contributed by atoms with Gasteiger partial charge < -0.3 is 10.1 Å². The molecule has 0 atom stereocenters. The SMILES string of the molecule is CCCOc1nc(NCC)nc(C2=CCCC2)n1. The van der Waals surface area contributed by atoms with Gasteiger partial charge in [0.25, 0.3) is 0 Å². The fourth-order valence-corrected chi connectivity index (χ4v) is 1.87. The molecule has 0 aromatic carbocycles. The van der Waals surface area contributed by atoms with E-state index in [-0.39, 0.29) is 0 Å². The Bertz CT molecular complexity index is 431. The van der Waals surface area contributed by atoms with Crippen LogP contribution in [0.2, 0.25) is 0 Å². The molecule has 2 rings (SSSR count). The third-order valence-corrected chi connectivity index (χ3v) is 2.71. The van der Waals surface area contributed by atoms with E-state index >= 15 is 0 Å². The second kappa shape index (κ2) is 6.33. The summed E-state index contributed by atoms with van der Waals surface area (Å²) in [5.74, 6) is 1.35. The Kier molecular flexibility index (Phi) is 4.50. The first-order valence-corrected chi connectivity index (χ1v) is 6.65. The molecule has 5 heteroatoms. The van der Waals surface area contributed by atoms with Crippen molar-refractivity contribution < 1.29 is 4.74 Å². The van der Waals surface area contributed by atoms with Crippen LogP contribution in [0.5, 0.6) is 6.01 Å². The molecular weight excluding hydrogens is 228 g/mol. The number of hydrogen-bond donors (Lipinski definition) is 1. The van der Waals surface area contributed by atoms with Crippen LogP contribution in [0.4, 0.5) is 5.95 Å². The first-order chi connectivity index (χ1) is 8.83. The fraction of sp³-hybridized carbons (Fsp3) is 0.615. The van der Waals surface area contributed by atoms with E-state index in [0.717, 1.165) is 31.6 Å². The molecule has 18 heavy (non-hydrogen) atoms. The van der Waals surface area contributed by atoms with Crippen molar-refractivity contribution in [3.05, 3.63) is 11.9 Å². The molecule has 1 aromatic rings. The monoisotopic (exact) mass is 248 g/mol. The van der Waals surface area contributed by atoms with Gasteiger partial charge in [0.15, 0.2) is 5.82 Å². The molecule has 0 unspecified atom stereocenters. The van der Waals surface area contributed by atoms with Crippen molar-refractivity contribution in [3.63, 3.8) is 0 Å². The lowest BCUT2D eigenvalue weighted by Gasteiger charge is -2.08. The Morgan fingerprint density at radius 2 is 2.17 bits per heavy atom. The zero-order chi connectivity index (χ0) is 12.8. The van der Waals surface area contributed by atoms with Gasteiger partial charge in [-0.15, -0.1) is 0 Å². The zero-order valence-corrected chi connectivity index (χ0v) is 11.1. The summed E-state index contributed by atoms with van der Waals surface area (Å²) in [6, 6.07) is 0.422. The number of rotatable bonds is 6. The van der Waals surface area contributed by atoms with Crippen LogP contribution >= 0.6 is 0 Å². The zero-order valence-electron chi connectivity index (χ0n) is 11.1. The molecule has 98 valence electrons. The van der Waals surface area contributed by atoms with Gasteiger partial charge in [0.05, 0.1) is 6.61 Å². The molecule has 0 fully saturated rings.